The molecule has 1 aliphatic rings. The second-order valence-electron chi connectivity index (χ2n) is 6.36. The maximum Gasteiger partial charge on any atom is 0.255 e. The van der Waals surface area contributed by atoms with Crippen LogP contribution in [0.25, 0.3) is 0 Å². The van der Waals surface area contributed by atoms with Gasteiger partial charge in [0.05, 0.1) is 0 Å². The number of hydrogen-bond acceptors (Lipinski definition) is 4. The predicted molar refractivity (Wildman–Crippen MR) is 106 cm³/mol. The normalized spacial score (nSPS) is 12.2. The van der Waals surface area contributed by atoms with E-state index in [1.54, 1.807) is 42.5 Å². The summed E-state index contributed by atoms with van der Waals surface area (Å²) in [6.07, 6.45) is 0. The first-order valence-electron chi connectivity index (χ1n) is 8.96. The molecule has 7 heteroatoms. The Hall–Kier alpha value is -3.87. The van der Waals surface area contributed by atoms with Crippen LogP contribution in [-0.4, -0.2) is 25.0 Å². The number of rotatable bonds is 4. The van der Waals surface area contributed by atoms with E-state index in [0.29, 0.717) is 41.7 Å². The molecule has 0 aliphatic carbocycles. The van der Waals surface area contributed by atoms with Gasteiger partial charge >= 0.3 is 0 Å². The Kier molecular flexibility index (Phi) is 5.11. The molecule has 2 N–H and O–H groups in total. The molecule has 4 rings (SSSR count). The number of carbonyl (C=O) groups excluding carboxylic acids is 2. The Morgan fingerprint density at radius 1 is 0.724 bits per heavy atom. The van der Waals surface area contributed by atoms with Crippen molar-refractivity contribution in [2.24, 2.45) is 0 Å². The van der Waals surface area contributed by atoms with Gasteiger partial charge in [0, 0.05) is 28.6 Å². The van der Waals surface area contributed by atoms with Crippen molar-refractivity contribution >= 4 is 23.2 Å². The molecule has 0 radical (unpaired) electrons. The average molecular weight is 392 g/mol. The first kappa shape index (κ1) is 18.5. The summed E-state index contributed by atoms with van der Waals surface area (Å²) in [6, 6.07) is 17.0. The Morgan fingerprint density at radius 2 is 1.34 bits per heavy atom. The van der Waals surface area contributed by atoms with Crippen LogP contribution in [-0.2, 0) is 0 Å². The minimum absolute atomic E-state index is 0.282. The molecule has 6 nitrogen and oxygen atoms in total. The van der Waals surface area contributed by atoms with Crippen LogP contribution in [0.1, 0.15) is 20.7 Å². The number of fused-ring (bicyclic) bond motifs is 1. The van der Waals surface area contributed by atoms with Crippen molar-refractivity contribution in [2.45, 2.75) is 0 Å². The summed E-state index contributed by atoms with van der Waals surface area (Å²) in [7, 11) is 0. The van der Waals surface area contributed by atoms with Gasteiger partial charge in [0.2, 0.25) is 0 Å². The zero-order valence-corrected chi connectivity index (χ0v) is 15.3. The lowest BCUT2D eigenvalue weighted by Gasteiger charge is -2.19. The molecule has 0 saturated carbocycles. The van der Waals surface area contributed by atoms with Gasteiger partial charge in [0.15, 0.2) is 11.5 Å². The van der Waals surface area contributed by atoms with E-state index in [1.165, 1.54) is 24.3 Å². The topological polar surface area (TPSA) is 76.7 Å². The first-order valence-corrected chi connectivity index (χ1v) is 8.96. The molecule has 0 saturated heterocycles. The van der Waals surface area contributed by atoms with Crippen LogP contribution in [0.5, 0.6) is 11.5 Å². The Labute approximate surface area is 166 Å². The molecular weight excluding hydrogens is 375 g/mol. The Balaban J connectivity index is 1.47. The van der Waals surface area contributed by atoms with E-state index in [4.69, 9.17) is 9.47 Å². The summed E-state index contributed by atoms with van der Waals surface area (Å²) in [5, 5.41) is 5.38. The van der Waals surface area contributed by atoms with Crippen LogP contribution in [0, 0.1) is 5.82 Å². The van der Waals surface area contributed by atoms with E-state index in [-0.39, 0.29) is 11.5 Å². The van der Waals surface area contributed by atoms with E-state index in [0.717, 1.165) is 0 Å². The van der Waals surface area contributed by atoms with E-state index >= 15 is 0 Å². The highest BCUT2D eigenvalue weighted by atomic mass is 19.1. The minimum Gasteiger partial charge on any atom is -0.486 e. The molecule has 0 spiro atoms. The quantitative estimate of drug-likeness (QED) is 0.701. The number of halogens is 1. The fourth-order valence-corrected chi connectivity index (χ4v) is 2.90. The molecule has 1 aliphatic heterocycles. The highest BCUT2D eigenvalue weighted by Gasteiger charge is 2.15. The Morgan fingerprint density at radius 3 is 2.03 bits per heavy atom. The maximum atomic E-state index is 13.3. The van der Waals surface area contributed by atoms with Crippen LogP contribution < -0.4 is 20.1 Å². The van der Waals surface area contributed by atoms with Gasteiger partial charge in [-0.1, -0.05) is 12.1 Å². The van der Waals surface area contributed by atoms with Gasteiger partial charge in [0.1, 0.15) is 19.0 Å². The lowest BCUT2D eigenvalue weighted by Crippen LogP contribution is -2.17. The molecule has 146 valence electrons. The lowest BCUT2D eigenvalue weighted by molar-refractivity contribution is 0.102. The van der Waals surface area contributed by atoms with Gasteiger partial charge in [-0.15, -0.1) is 0 Å². The van der Waals surface area contributed by atoms with Crippen molar-refractivity contribution in [3.8, 4) is 11.5 Å². The third-order valence-electron chi connectivity index (χ3n) is 4.27. The van der Waals surface area contributed by atoms with Crippen molar-refractivity contribution in [1.82, 2.24) is 0 Å². The predicted octanol–water partition coefficient (Wildman–Crippen LogP) is 4.10. The standard InChI is InChI=1S/C22H17FN2O4/c23-16-5-2-6-17(12-16)24-21(26)14-3-1-4-15(11-14)22(27)25-18-7-8-19-20(13-18)29-10-9-28-19/h1-8,11-13H,9-10H2,(H,24,26)(H,25,27). The number of nitrogens with one attached hydrogen (secondary N) is 2. The van der Waals surface area contributed by atoms with E-state index in [2.05, 4.69) is 10.6 Å². The van der Waals surface area contributed by atoms with E-state index in [1.807, 2.05) is 0 Å². The SMILES string of the molecule is O=C(Nc1cccc(F)c1)c1cccc(C(=O)Nc2ccc3c(c2)OCCO3)c1. The summed E-state index contributed by atoms with van der Waals surface area (Å²) in [5.74, 6) is -0.0652. The molecule has 0 bridgehead atoms. The van der Waals surface area contributed by atoms with Crippen molar-refractivity contribution in [3.05, 3.63) is 83.7 Å². The van der Waals surface area contributed by atoms with Crippen LogP contribution in [0.4, 0.5) is 15.8 Å². The zero-order valence-electron chi connectivity index (χ0n) is 15.3. The molecule has 3 aromatic rings. The number of ether oxygens (including phenoxy) is 2. The van der Waals surface area contributed by atoms with Gasteiger partial charge in [-0.2, -0.15) is 0 Å². The van der Waals surface area contributed by atoms with Crippen LogP contribution >= 0.6 is 0 Å². The summed E-state index contributed by atoms with van der Waals surface area (Å²) in [5.41, 5.74) is 1.48. The monoisotopic (exact) mass is 392 g/mol. The van der Waals surface area contributed by atoms with Gasteiger partial charge in [0.25, 0.3) is 11.8 Å². The van der Waals surface area contributed by atoms with Crippen molar-refractivity contribution in [2.75, 3.05) is 23.8 Å². The van der Waals surface area contributed by atoms with E-state index < -0.39 is 11.7 Å². The highest BCUT2D eigenvalue weighted by molar-refractivity contribution is 6.08. The van der Waals surface area contributed by atoms with Crippen LogP contribution in [0.15, 0.2) is 66.7 Å². The number of hydrogen-bond donors (Lipinski definition) is 2. The molecule has 1 heterocycles. The van der Waals surface area contributed by atoms with Gasteiger partial charge in [-0.3, -0.25) is 9.59 Å². The minimum atomic E-state index is -0.449. The molecule has 3 aromatic carbocycles. The van der Waals surface area contributed by atoms with Crippen molar-refractivity contribution in [1.29, 1.82) is 0 Å². The number of carbonyl (C=O) groups is 2. The third-order valence-corrected chi connectivity index (χ3v) is 4.27. The van der Waals surface area contributed by atoms with Crippen LogP contribution in [0.3, 0.4) is 0 Å². The summed E-state index contributed by atoms with van der Waals surface area (Å²) in [4.78, 5) is 25.0. The zero-order chi connectivity index (χ0) is 20.2. The van der Waals surface area contributed by atoms with Crippen LogP contribution in [0.2, 0.25) is 0 Å². The lowest BCUT2D eigenvalue weighted by atomic mass is 10.1. The summed E-state index contributed by atoms with van der Waals surface area (Å²) < 4.78 is 24.3. The molecule has 29 heavy (non-hydrogen) atoms. The Bertz CT molecular complexity index is 1080. The maximum absolute atomic E-state index is 13.3. The van der Waals surface area contributed by atoms with Gasteiger partial charge in [-0.25, -0.2) is 4.39 Å². The first-order chi connectivity index (χ1) is 14.1. The highest BCUT2D eigenvalue weighted by Crippen LogP contribution is 2.32. The molecule has 0 atom stereocenters. The van der Waals surface area contributed by atoms with E-state index in [9.17, 15) is 14.0 Å². The van der Waals surface area contributed by atoms with Gasteiger partial charge in [-0.05, 0) is 48.5 Å². The molecule has 2 amide bonds. The molecular formula is C22H17FN2O4. The number of anilines is 2. The second-order valence-corrected chi connectivity index (χ2v) is 6.36. The smallest absolute Gasteiger partial charge is 0.255 e. The third kappa shape index (κ3) is 4.35. The largest absolute Gasteiger partial charge is 0.486 e. The second kappa shape index (κ2) is 8.02. The summed E-state index contributed by atoms with van der Waals surface area (Å²) in [6.45, 7) is 0.941. The summed E-state index contributed by atoms with van der Waals surface area (Å²) >= 11 is 0. The van der Waals surface area contributed by atoms with Gasteiger partial charge < -0.3 is 20.1 Å². The number of amides is 2. The fraction of sp³-hybridized carbons (Fsp3) is 0.0909. The molecule has 0 fully saturated rings. The average Bonchev–Trinajstić information content (AvgIpc) is 2.74. The fourth-order valence-electron chi connectivity index (χ4n) is 2.90. The van der Waals surface area contributed by atoms with Crippen molar-refractivity contribution in [3.63, 3.8) is 0 Å². The molecule has 0 aromatic heterocycles. The van der Waals surface area contributed by atoms with Crippen molar-refractivity contribution < 1.29 is 23.5 Å². The number of benzene rings is 3. The molecule has 0 unspecified atom stereocenters.